The number of hydrogen-bond donors (Lipinski definition) is 1. The van der Waals surface area contributed by atoms with Crippen LogP contribution in [0.5, 0.6) is 0 Å². The van der Waals surface area contributed by atoms with E-state index in [2.05, 4.69) is 6.92 Å². The predicted molar refractivity (Wildman–Crippen MR) is 79.6 cm³/mol. The third-order valence-electron chi connectivity index (χ3n) is 4.75. The van der Waals surface area contributed by atoms with E-state index in [0.29, 0.717) is 18.8 Å². The van der Waals surface area contributed by atoms with Crippen molar-refractivity contribution in [2.75, 3.05) is 0 Å². The summed E-state index contributed by atoms with van der Waals surface area (Å²) < 4.78 is 5.36. The lowest BCUT2D eigenvalue weighted by Crippen LogP contribution is -2.35. The van der Waals surface area contributed by atoms with Gasteiger partial charge in [0.1, 0.15) is 11.9 Å². The van der Waals surface area contributed by atoms with Gasteiger partial charge in [0.2, 0.25) is 0 Å². The van der Waals surface area contributed by atoms with E-state index in [-0.39, 0.29) is 29.7 Å². The Bertz CT molecular complexity index is 415. The molecule has 1 N–H and O–H groups in total. The lowest BCUT2D eigenvalue weighted by Gasteiger charge is -2.31. The van der Waals surface area contributed by atoms with E-state index in [9.17, 15) is 14.7 Å². The lowest BCUT2D eigenvalue weighted by atomic mass is 9.71. The second-order valence-corrected chi connectivity index (χ2v) is 6.35. The number of carbonyl (C=O) groups excluding carboxylic acids is 2. The van der Waals surface area contributed by atoms with Crippen molar-refractivity contribution in [2.24, 2.45) is 17.8 Å². The fraction of sp³-hybridized carbons (Fsp3) is 0.765. The number of aliphatic hydroxyl groups excluding tert-OH is 1. The Labute approximate surface area is 126 Å². The third-order valence-corrected chi connectivity index (χ3v) is 4.75. The fourth-order valence-electron chi connectivity index (χ4n) is 3.56. The maximum atomic E-state index is 11.6. The number of ether oxygens (including phenoxy) is 1. The number of fused-ring (bicyclic) bond motifs is 1. The first-order valence-corrected chi connectivity index (χ1v) is 8.09. The Kier molecular flexibility index (Phi) is 5.57. The van der Waals surface area contributed by atoms with Gasteiger partial charge in [-0.1, -0.05) is 38.3 Å². The van der Waals surface area contributed by atoms with Crippen molar-refractivity contribution in [2.45, 2.75) is 64.6 Å². The van der Waals surface area contributed by atoms with Gasteiger partial charge in [-0.2, -0.15) is 0 Å². The first-order chi connectivity index (χ1) is 10.0. The number of hydrogen-bond acceptors (Lipinski definition) is 4. The number of ketones is 1. The zero-order valence-corrected chi connectivity index (χ0v) is 13.0. The highest BCUT2D eigenvalue weighted by molar-refractivity contribution is 5.88. The van der Waals surface area contributed by atoms with Crippen LogP contribution < -0.4 is 0 Å². The topological polar surface area (TPSA) is 63.6 Å². The summed E-state index contributed by atoms with van der Waals surface area (Å²) in [5.74, 6) is 0.423. The maximum Gasteiger partial charge on any atom is 0.302 e. The Morgan fingerprint density at radius 3 is 2.86 bits per heavy atom. The Hall–Kier alpha value is -1.16. The van der Waals surface area contributed by atoms with Gasteiger partial charge in [-0.3, -0.25) is 9.59 Å². The van der Waals surface area contributed by atoms with Gasteiger partial charge >= 0.3 is 5.97 Å². The minimum Gasteiger partial charge on any atom is -0.462 e. The fourth-order valence-corrected chi connectivity index (χ4v) is 3.56. The quantitative estimate of drug-likeness (QED) is 0.445. The van der Waals surface area contributed by atoms with Crippen LogP contribution in [0.3, 0.4) is 0 Å². The largest absolute Gasteiger partial charge is 0.462 e. The molecular weight excluding hydrogens is 268 g/mol. The highest BCUT2D eigenvalue weighted by Gasteiger charge is 2.53. The van der Waals surface area contributed by atoms with Crippen LogP contribution in [0.1, 0.15) is 52.4 Å². The third kappa shape index (κ3) is 3.94. The highest BCUT2D eigenvalue weighted by Crippen LogP contribution is 2.49. The normalized spacial score (nSPS) is 32.8. The van der Waals surface area contributed by atoms with E-state index in [0.717, 1.165) is 25.7 Å². The molecule has 2 fully saturated rings. The second-order valence-electron chi connectivity index (χ2n) is 6.35. The molecule has 0 aromatic carbocycles. The molecule has 0 radical (unpaired) electrons. The second kappa shape index (κ2) is 7.21. The molecular formula is C17H26O4. The molecule has 4 heteroatoms. The van der Waals surface area contributed by atoms with Gasteiger partial charge in [0.05, 0.1) is 6.10 Å². The van der Waals surface area contributed by atoms with Crippen molar-refractivity contribution in [3.05, 3.63) is 12.2 Å². The first-order valence-electron chi connectivity index (χ1n) is 8.09. The molecule has 2 aliphatic rings. The zero-order chi connectivity index (χ0) is 15.4. The van der Waals surface area contributed by atoms with Gasteiger partial charge < -0.3 is 9.84 Å². The molecule has 0 bridgehead atoms. The lowest BCUT2D eigenvalue weighted by molar-refractivity contribution is -0.147. The summed E-state index contributed by atoms with van der Waals surface area (Å²) in [5.41, 5.74) is 0. The standard InChI is InChI=1S/C17H26O4/c1-3-4-5-6-12(19)7-8-13-14-9-16(20)15(14)10-17(13)21-11(2)18/h7-8,12-15,17,19H,3-6,9-10H2,1-2H3/t12?,13-,14-,15+,17-/m1/s1. The molecule has 2 saturated carbocycles. The van der Waals surface area contributed by atoms with Crippen molar-refractivity contribution in [1.82, 2.24) is 0 Å². The summed E-state index contributed by atoms with van der Waals surface area (Å²) in [6.45, 7) is 3.54. The van der Waals surface area contributed by atoms with Crippen LogP contribution in [-0.2, 0) is 14.3 Å². The SMILES string of the molecule is CCCCCC(O)C=C[C@@H]1[C@H]2CC(=O)[C@H]2C[C@H]1OC(C)=O. The number of rotatable bonds is 7. The average molecular weight is 294 g/mol. The van der Waals surface area contributed by atoms with Crippen LogP contribution in [0.4, 0.5) is 0 Å². The van der Waals surface area contributed by atoms with Crippen LogP contribution in [0.2, 0.25) is 0 Å². The molecule has 118 valence electrons. The molecule has 4 nitrogen and oxygen atoms in total. The highest BCUT2D eigenvalue weighted by atomic mass is 16.5. The molecule has 0 saturated heterocycles. The summed E-state index contributed by atoms with van der Waals surface area (Å²) in [5, 5.41) is 9.96. The van der Waals surface area contributed by atoms with Gasteiger partial charge in [-0.25, -0.2) is 0 Å². The van der Waals surface area contributed by atoms with Gasteiger partial charge in [0.15, 0.2) is 0 Å². The van der Waals surface area contributed by atoms with Crippen LogP contribution >= 0.6 is 0 Å². The molecule has 0 amide bonds. The minimum absolute atomic E-state index is 0.0567. The summed E-state index contributed by atoms with van der Waals surface area (Å²) >= 11 is 0. The van der Waals surface area contributed by atoms with E-state index in [1.165, 1.54) is 6.92 Å². The number of Topliss-reactive ketones (excluding diaryl/α,β-unsaturated/α-hetero) is 1. The Morgan fingerprint density at radius 2 is 2.24 bits per heavy atom. The number of esters is 1. The zero-order valence-electron chi connectivity index (χ0n) is 13.0. The van der Waals surface area contributed by atoms with Crippen LogP contribution in [0, 0.1) is 17.8 Å². The van der Waals surface area contributed by atoms with Crippen molar-refractivity contribution >= 4 is 11.8 Å². The maximum absolute atomic E-state index is 11.6. The van der Waals surface area contributed by atoms with E-state index in [1.54, 1.807) is 0 Å². The molecule has 0 spiro atoms. The summed E-state index contributed by atoms with van der Waals surface area (Å²) in [6, 6.07) is 0. The van der Waals surface area contributed by atoms with E-state index >= 15 is 0 Å². The Balaban J connectivity index is 1.91. The molecule has 5 atom stereocenters. The van der Waals surface area contributed by atoms with E-state index in [1.807, 2.05) is 12.2 Å². The molecule has 0 aromatic rings. The molecule has 21 heavy (non-hydrogen) atoms. The van der Waals surface area contributed by atoms with Crippen molar-refractivity contribution in [3.63, 3.8) is 0 Å². The number of aliphatic hydroxyl groups is 1. The summed E-state index contributed by atoms with van der Waals surface area (Å²) in [4.78, 5) is 22.8. The van der Waals surface area contributed by atoms with Gasteiger partial charge in [0, 0.05) is 25.2 Å². The van der Waals surface area contributed by atoms with Crippen molar-refractivity contribution < 1.29 is 19.4 Å². The van der Waals surface area contributed by atoms with Crippen LogP contribution in [0.15, 0.2) is 12.2 Å². The van der Waals surface area contributed by atoms with Gasteiger partial charge in [-0.15, -0.1) is 0 Å². The van der Waals surface area contributed by atoms with E-state index < -0.39 is 6.10 Å². The van der Waals surface area contributed by atoms with Crippen molar-refractivity contribution in [3.8, 4) is 0 Å². The first kappa shape index (κ1) is 16.2. The van der Waals surface area contributed by atoms with E-state index in [4.69, 9.17) is 4.74 Å². The summed E-state index contributed by atoms with van der Waals surface area (Å²) in [7, 11) is 0. The predicted octanol–water partition coefficient (Wildman–Crippen LogP) is 2.64. The van der Waals surface area contributed by atoms with Gasteiger partial charge in [-0.05, 0) is 18.8 Å². The van der Waals surface area contributed by atoms with Crippen LogP contribution in [-0.4, -0.2) is 29.1 Å². The number of unbranched alkanes of at least 4 members (excludes halogenated alkanes) is 2. The monoisotopic (exact) mass is 294 g/mol. The molecule has 2 aliphatic carbocycles. The molecule has 1 unspecified atom stereocenters. The average Bonchev–Trinajstić information content (AvgIpc) is 2.69. The number of carbonyl (C=O) groups is 2. The minimum atomic E-state index is -0.440. The smallest absolute Gasteiger partial charge is 0.302 e. The molecule has 0 aliphatic heterocycles. The van der Waals surface area contributed by atoms with Gasteiger partial charge in [0.25, 0.3) is 0 Å². The molecule has 2 rings (SSSR count). The molecule has 0 aromatic heterocycles. The molecule has 0 heterocycles. The van der Waals surface area contributed by atoms with Crippen LogP contribution in [0.25, 0.3) is 0 Å². The Morgan fingerprint density at radius 1 is 1.48 bits per heavy atom. The van der Waals surface area contributed by atoms with Crippen molar-refractivity contribution in [1.29, 1.82) is 0 Å². The summed E-state index contributed by atoms with van der Waals surface area (Å²) in [6.07, 6.45) is 8.43.